The molecular formula is C8H12N2S. The third kappa shape index (κ3) is 2.50. The average Bonchev–Trinajstić information content (AvgIpc) is 2.06. The molecule has 1 aromatic rings. The minimum atomic E-state index is 0.813. The van der Waals surface area contributed by atoms with E-state index in [4.69, 9.17) is 0 Å². The molecule has 1 rings (SSSR count). The zero-order valence-corrected chi connectivity index (χ0v) is 7.51. The lowest BCUT2D eigenvalue weighted by Gasteiger charge is -1.98. The van der Waals surface area contributed by atoms with Gasteiger partial charge in [0, 0.05) is 18.3 Å². The van der Waals surface area contributed by atoms with Gasteiger partial charge < -0.3 is 0 Å². The molecule has 0 fully saturated rings. The van der Waals surface area contributed by atoms with Gasteiger partial charge in [0.15, 0.2) is 0 Å². The molecule has 0 radical (unpaired) electrons. The molecule has 0 aliphatic carbocycles. The first-order chi connectivity index (χ1) is 5.36. The Labute approximate surface area is 72.5 Å². The van der Waals surface area contributed by atoms with Gasteiger partial charge >= 0.3 is 0 Å². The Hall–Kier alpha value is -0.570. The zero-order valence-electron chi connectivity index (χ0n) is 6.62. The van der Waals surface area contributed by atoms with Gasteiger partial charge in [0.2, 0.25) is 0 Å². The Morgan fingerprint density at radius 1 is 1.55 bits per heavy atom. The molecule has 0 aromatic carbocycles. The maximum atomic E-state index is 4.32. The van der Waals surface area contributed by atoms with Crippen molar-refractivity contribution in [3.63, 3.8) is 0 Å². The number of aromatic nitrogens is 2. The van der Waals surface area contributed by atoms with E-state index in [0.717, 1.165) is 30.1 Å². The van der Waals surface area contributed by atoms with Crippen molar-refractivity contribution in [2.45, 2.75) is 19.8 Å². The van der Waals surface area contributed by atoms with Crippen LogP contribution in [-0.4, -0.2) is 15.7 Å². The molecule has 0 spiro atoms. The fraction of sp³-hybridized carbons (Fsp3) is 0.500. The molecule has 0 aliphatic heterocycles. The lowest BCUT2D eigenvalue weighted by Crippen LogP contribution is -1.98. The lowest BCUT2D eigenvalue weighted by molar-refractivity contribution is 0.893. The van der Waals surface area contributed by atoms with E-state index in [1.54, 1.807) is 0 Å². The molecule has 3 heteroatoms. The first-order valence-corrected chi connectivity index (χ1v) is 4.41. The van der Waals surface area contributed by atoms with Crippen LogP contribution in [0.25, 0.3) is 0 Å². The maximum Gasteiger partial charge on any atom is 0.129 e. The van der Waals surface area contributed by atoms with E-state index in [0.29, 0.717) is 0 Å². The van der Waals surface area contributed by atoms with Crippen molar-refractivity contribution in [3.8, 4) is 0 Å². The van der Waals surface area contributed by atoms with Crippen molar-refractivity contribution in [2.75, 3.05) is 5.75 Å². The smallest absolute Gasteiger partial charge is 0.129 e. The van der Waals surface area contributed by atoms with Crippen molar-refractivity contribution in [3.05, 3.63) is 23.8 Å². The fourth-order valence-corrected chi connectivity index (χ4v) is 1.06. The van der Waals surface area contributed by atoms with E-state index >= 15 is 0 Å². The predicted molar refractivity (Wildman–Crippen MR) is 49.0 cm³/mol. The van der Waals surface area contributed by atoms with Crippen LogP contribution in [0.4, 0.5) is 0 Å². The summed E-state index contributed by atoms with van der Waals surface area (Å²) < 4.78 is 0. The third-order valence-corrected chi connectivity index (χ3v) is 1.68. The third-order valence-electron chi connectivity index (χ3n) is 1.46. The average molecular weight is 168 g/mol. The molecule has 11 heavy (non-hydrogen) atoms. The summed E-state index contributed by atoms with van der Waals surface area (Å²) in [6.07, 6.45) is 3.64. The quantitative estimate of drug-likeness (QED) is 0.692. The minimum Gasteiger partial charge on any atom is -0.241 e. The van der Waals surface area contributed by atoms with Gasteiger partial charge in [-0.15, -0.1) is 0 Å². The predicted octanol–water partition coefficient (Wildman–Crippen LogP) is 1.51. The van der Waals surface area contributed by atoms with Crippen LogP contribution in [0.2, 0.25) is 0 Å². The van der Waals surface area contributed by atoms with E-state index in [2.05, 4.69) is 29.5 Å². The van der Waals surface area contributed by atoms with Gasteiger partial charge in [-0.3, -0.25) is 0 Å². The summed E-state index contributed by atoms with van der Waals surface area (Å²) in [7, 11) is 0. The number of nitrogens with zero attached hydrogens (tertiary/aromatic N) is 2. The van der Waals surface area contributed by atoms with Gasteiger partial charge in [0.1, 0.15) is 5.82 Å². The normalized spacial score (nSPS) is 10.0. The highest BCUT2D eigenvalue weighted by molar-refractivity contribution is 7.80. The first kappa shape index (κ1) is 8.53. The van der Waals surface area contributed by atoms with Gasteiger partial charge in [-0.1, -0.05) is 6.92 Å². The van der Waals surface area contributed by atoms with Crippen LogP contribution in [0.3, 0.4) is 0 Å². The molecular weight excluding hydrogens is 156 g/mol. The Bertz CT molecular complexity index is 225. The number of hydrogen-bond acceptors (Lipinski definition) is 3. The summed E-state index contributed by atoms with van der Waals surface area (Å²) in [6, 6.07) is 1.95. The van der Waals surface area contributed by atoms with Gasteiger partial charge in [-0.05, 0) is 18.2 Å². The Morgan fingerprint density at radius 2 is 2.36 bits per heavy atom. The van der Waals surface area contributed by atoms with Crippen LogP contribution in [-0.2, 0) is 12.8 Å². The number of rotatable bonds is 3. The molecule has 0 unspecified atom stereocenters. The Balaban J connectivity index is 2.74. The summed E-state index contributed by atoms with van der Waals surface area (Å²) in [5.74, 6) is 1.71. The first-order valence-electron chi connectivity index (χ1n) is 3.78. The molecule has 0 saturated heterocycles. The molecule has 0 aliphatic rings. The van der Waals surface area contributed by atoms with Crippen LogP contribution in [0.5, 0.6) is 0 Å². The van der Waals surface area contributed by atoms with Crippen LogP contribution >= 0.6 is 12.6 Å². The zero-order chi connectivity index (χ0) is 8.10. The Kier molecular flexibility index (Phi) is 3.36. The van der Waals surface area contributed by atoms with Crippen molar-refractivity contribution < 1.29 is 0 Å². The van der Waals surface area contributed by atoms with Crippen LogP contribution in [0.1, 0.15) is 18.4 Å². The summed E-state index contributed by atoms with van der Waals surface area (Å²) in [5, 5.41) is 0. The molecule has 0 N–H and O–H groups in total. The standard InChI is InChI=1S/C8H12N2S/c1-2-7-3-5-9-8(10-7)4-6-11/h3,5,11H,2,4,6H2,1H3. The second kappa shape index (κ2) is 4.34. The SMILES string of the molecule is CCc1ccnc(CCS)n1. The summed E-state index contributed by atoms with van der Waals surface area (Å²) in [4.78, 5) is 8.44. The molecule has 0 bridgehead atoms. The van der Waals surface area contributed by atoms with E-state index in [1.165, 1.54) is 0 Å². The molecule has 0 saturated carbocycles. The molecule has 60 valence electrons. The van der Waals surface area contributed by atoms with Crippen molar-refractivity contribution >= 4 is 12.6 Å². The highest BCUT2D eigenvalue weighted by Crippen LogP contribution is 1.97. The number of hydrogen-bond donors (Lipinski definition) is 1. The summed E-state index contributed by atoms with van der Waals surface area (Å²) in [5.41, 5.74) is 1.11. The molecule has 1 heterocycles. The lowest BCUT2D eigenvalue weighted by atomic mass is 10.3. The topological polar surface area (TPSA) is 25.8 Å². The van der Waals surface area contributed by atoms with Crippen molar-refractivity contribution in [2.24, 2.45) is 0 Å². The monoisotopic (exact) mass is 168 g/mol. The largest absolute Gasteiger partial charge is 0.241 e. The van der Waals surface area contributed by atoms with Crippen molar-refractivity contribution in [1.29, 1.82) is 0 Å². The fourth-order valence-electron chi connectivity index (χ4n) is 0.859. The van der Waals surface area contributed by atoms with Gasteiger partial charge in [-0.2, -0.15) is 12.6 Å². The number of thiol groups is 1. The van der Waals surface area contributed by atoms with E-state index < -0.39 is 0 Å². The van der Waals surface area contributed by atoms with E-state index in [9.17, 15) is 0 Å². The van der Waals surface area contributed by atoms with Gasteiger partial charge in [-0.25, -0.2) is 9.97 Å². The van der Waals surface area contributed by atoms with Gasteiger partial charge in [0.05, 0.1) is 0 Å². The van der Waals surface area contributed by atoms with Crippen LogP contribution < -0.4 is 0 Å². The van der Waals surface area contributed by atoms with Crippen molar-refractivity contribution in [1.82, 2.24) is 9.97 Å². The summed E-state index contributed by atoms with van der Waals surface area (Å²) in [6.45, 7) is 2.09. The second-order valence-electron chi connectivity index (χ2n) is 2.29. The minimum absolute atomic E-state index is 0.813. The second-order valence-corrected chi connectivity index (χ2v) is 2.74. The van der Waals surface area contributed by atoms with Crippen LogP contribution in [0, 0.1) is 0 Å². The van der Waals surface area contributed by atoms with E-state index in [1.807, 2.05) is 12.3 Å². The Morgan fingerprint density at radius 3 is 3.00 bits per heavy atom. The highest BCUT2D eigenvalue weighted by atomic mass is 32.1. The summed E-state index contributed by atoms with van der Waals surface area (Å²) >= 11 is 4.12. The molecule has 2 nitrogen and oxygen atoms in total. The molecule has 1 aromatic heterocycles. The number of aryl methyl sites for hydroxylation is 2. The van der Waals surface area contributed by atoms with E-state index in [-0.39, 0.29) is 0 Å². The maximum absolute atomic E-state index is 4.32. The molecule has 0 atom stereocenters. The van der Waals surface area contributed by atoms with Gasteiger partial charge in [0.25, 0.3) is 0 Å². The molecule has 0 amide bonds. The van der Waals surface area contributed by atoms with Crippen LogP contribution in [0.15, 0.2) is 12.3 Å². The highest BCUT2D eigenvalue weighted by Gasteiger charge is 1.95.